The van der Waals surface area contributed by atoms with Gasteiger partial charge in [-0.3, -0.25) is 10.1 Å². The summed E-state index contributed by atoms with van der Waals surface area (Å²) >= 11 is 7.51. The second-order valence-corrected chi connectivity index (χ2v) is 6.48. The van der Waals surface area contributed by atoms with Crippen molar-refractivity contribution in [3.05, 3.63) is 39.4 Å². The van der Waals surface area contributed by atoms with Gasteiger partial charge in [0.1, 0.15) is 5.75 Å². The van der Waals surface area contributed by atoms with Gasteiger partial charge in [-0.15, -0.1) is 11.3 Å². The van der Waals surface area contributed by atoms with Crippen molar-refractivity contribution < 1.29 is 9.53 Å². The van der Waals surface area contributed by atoms with Crippen LogP contribution < -0.4 is 10.1 Å². The molecule has 1 aliphatic carbocycles. The van der Waals surface area contributed by atoms with Crippen LogP contribution in [0.25, 0.3) is 0 Å². The van der Waals surface area contributed by atoms with Crippen LogP contribution in [0.3, 0.4) is 0 Å². The fourth-order valence-corrected chi connectivity index (χ4v) is 3.44. The van der Waals surface area contributed by atoms with E-state index in [0.717, 1.165) is 24.1 Å². The topological polar surface area (TPSA) is 51.2 Å². The Balaban J connectivity index is 1.55. The first-order valence-corrected chi connectivity index (χ1v) is 7.98. The minimum Gasteiger partial charge on any atom is -0.484 e. The van der Waals surface area contributed by atoms with E-state index < -0.39 is 0 Å². The molecule has 1 aromatic carbocycles. The third kappa shape index (κ3) is 3.36. The third-order valence-corrected chi connectivity index (χ3v) is 4.84. The van der Waals surface area contributed by atoms with Gasteiger partial charge in [0.25, 0.3) is 5.91 Å². The Morgan fingerprint density at radius 2 is 2.33 bits per heavy atom. The summed E-state index contributed by atoms with van der Waals surface area (Å²) in [5.74, 6) is 0.434. The second kappa shape index (κ2) is 6.03. The highest BCUT2D eigenvalue weighted by atomic mass is 35.5. The van der Waals surface area contributed by atoms with E-state index in [0.29, 0.717) is 15.9 Å². The molecule has 1 aromatic heterocycles. The SMILES string of the molecule is Cc1cc(OCC(=O)Nc2nc3c(s2)CCC3)ccc1Cl. The number of rotatable bonds is 4. The Morgan fingerprint density at radius 1 is 1.48 bits per heavy atom. The van der Waals surface area contributed by atoms with E-state index in [2.05, 4.69) is 10.3 Å². The van der Waals surface area contributed by atoms with Gasteiger partial charge in [-0.05, 0) is 49.9 Å². The van der Waals surface area contributed by atoms with E-state index in [-0.39, 0.29) is 12.5 Å². The zero-order valence-corrected chi connectivity index (χ0v) is 13.2. The monoisotopic (exact) mass is 322 g/mol. The highest BCUT2D eigenvalue weighted by molar-refractivity contribution is 7.15. The molecule has 0 fully saturated rings. The van der Waals surface area contributed by atoms with Gasteiger partial charge in [0, 0.05) is 9.90 Å². The van der Waals surface area contributed by atoms with E-state index in [4.69, 9.17) is 16.3 Å². The Bertz CT molecular complexity index is 663. The quantitative estimate of drug-likeness (QED) is 0.935. The number of thiazole rings is 1. The Labute approximate surface area is 132 Å². The zero-order chi connectivity index (χ0) is 14.8. The maximum Gasteiger partial charge on any atom is 0.264 e. The number of anilines is 1. The van der Waals surface area contributed by atoms with Gasteiger partial charge in [0.15, 0.2) is 11.7 Å². The normalized spacial score (nSPS) is 13.0. The van der Waals surface area contributed by atoms with Crippen molar-refractivity contribution in [1.82, 2.24) is 4.98 Å². The maximum atomic E-state index is 11.9. The van der Waals surface area contributed by atoms with Crippen LogP contribution in [0.1, 0.15) is 22.6 Å². The minimum atomic E-state index is -0.199. The Morgan fingerprint density at radius 3 is 3.10 bits per heavy atom. The van der Waals surface area contributed by atoms with Crippen LogP contribution in [-0.2, 0) is 17.6 Å². The number of aromatic nitrogens is 1. The summed E-state index contributed by atoms with van der Waals surface area (Å²) < 4.78 is 5.46. The molecule has 110 valence electrons. The predicted octanol–water partition coefficient (Wildman–Crippen LogP) is 3.61. The van der Waals surface area contributed by atoms with Crippen LogP contribution in [0.15, 0.2) is 18.2 Å². The Hall–Kier alpha value is -1.59. The van der Waals surface area contributed by atoms with Crippen molar-refractivity contribution in [3.63, 3.8) is 0 Å². The molecule has 1 aliphatic rings. The number of aryl methyl sites for hydroxylation is 3. The fourth-order valence-electron chi connectivity index (χ4n) is 2.26. The van der Waals surface area contributed by atoms with Crippen LogP contribution in [0.5, 0.6) is 5.75 Å². The van der Waals surface area contributed by atoms with Gasteiger partial charge < -0.3 is 4.74 Å². The van der Waals surface area contributed by atoms with Crippen molar-refractivity contribution in [1.29, 1.82) is 0 Å². The average Bonchev–Trinajstić information content (AvgIpc) is 3.01. The summed E-state index contributed by atoms with van der Waals surface area (Å²) in [6, 6.07) is 5.32. The number of carbonyl (C=O) groups excluding carboxylic acids is 1. The first kappa shape index (κ1) is 14.4. The molecule has 0 unspecified atom stereocenters. The molecule has 0 bridgehead atoms. The number of fused-ring (bicyclic) bond motifs is 1. The standard InChI is InChI=1S/C15H15ClN2O2S/c1-9-7-10(5-6-11(9)16)20-8-14(19)18-15-17-12-3-2-4-13(12)21-15/h5-7H,2-4,8H2,1H3,(H,17,18,19). The lowest BCUT2D eigenvalue weighted by Crippen LogP contribution is -2.20. The molecular formula is C15H15ClN2O2S. The molecule has 3 rings (SSSR count). The molecular weight excluding hydrogens is 308 g/mol. The highest BCUT2D eigenvalue weighted by Crippen LogP contribution is 2.30. The lowest BCUT2D eigenvalue weighted by atomic mass is 10.2. The van der Waals surface area contributed by atoms with Crippen LogP contribution in [0.4, 0.5) is 5.13 Å². The van der Waals surface area contributed by atoms with Crippen molar-refractivity contribution in [2.24, 2.45) is 0 Å². The number of benzene rings is 1. The number of amides is 1. The number of nitrogens with zero attached hydrogens (tertiary/aromatic N) is 1. The molecule has 4 nitrogen and oxygen atoms in total. The van der Waals surface area contributed by atoms with Crippen LogP contribution >= 0.6 is 22.9 Å². The number of halogens is 1. The first-order chi connectivity index (χ1) is 10.1. The lowest BCUT2D eigenvalue weighted by molar-refractivity contribution is -0.118. The Kier molecular flexibility index (Phi) is 4.12. The number of nitrogens with one attached hydrogen (secondary N) is 1. The van der Waals surface area contributed by atoms with E-state index in [1.165, 1.54) is 11.3 Å². The van der Waals surface area contributed by atoms with Crippen LogP contribution in [0, 0.1) is 6.92 Å². The summed E-state index contributed by atoms with van der Waals surface area (Å²) in [6.45, 7) is 1.86. The minimum absolute atomic E-state index is 0.0364. The van der Waals surface area contributed by atoms with Crippen molar-refractivity contribution in [3.8, 4) is 5.75 Å². The van der Waals surface area contributed by atoms with Crippen molar-refractivity contribution in [2.45, 2.75) is 26.2 Å². The second-order valence-electron chi connectivity index (χ2n) is 4.99. The lowest BCUT2D eigenvalue weighted by Gasteiger charge is -2.07. The van der Waals surface area contributed by atoms with Crippen molar-refractivity contribution in [2.75, 3.05) is 11.9 Å². The van der Waals surface area contributed by atoms with E-state index in [9.17, 15) is 4.79 Å². The number of hydrogen-bond donors (Lipinski definition) is 1. The summed E-state index contributed by atoms with van der Waals surface area (Å²) in [4.78, 5) is 17.6. The molecule has 1 heterocycles. The fraction of sp³-hybridized carbons (Fsp3) is 0.333. The number of hydrogen-bond acceptors (Lipinski definition) is 4. The largest absolute Gasteiger partial charge is 0.484 e. The van der Waals surface area contributed by atoms with Gasteiger partial charge in [-0.25, -0.2) is 4.98 Å². The molecule has 21 heavy (non-hydrogen) atoms. The molecule has 1 N–H and O–H groups in total. The molecule has 0 saturated carbocycles. The third-order valence-electron chi connectivity index (χ3n) is 3.34. The molecule has 2 aromatic rings. The maximum absolute atomic E-state index is 11.9. The molecule has 1 amide bonds. The predicted molar refractivity (Wildman–Crippen MR) is 84.5 cm³/mol. The molecule has 6 heteroatoms. The molecule has 0 aliphatic heterocycles. The van der Waals surface area contributed by atoms with Gasteiger partial charge >= 0.3 is 0 Å². The summed E-state index contributed by atoms with van der Waals surface area (Å²) in [5, 5.41) is 4.14. The molecule has 0 saturated heterocycles. The summed E-state index contributed by atoms with van der Waals surface area (Å²) in [5.41, 5.74) is 2.05. The molecule has 0 atom stereocenters. The highest BCUT2D eigenvalue weighted by Gasteiger charge is 2.17. The molecule has 0 spiro atoms. The van der Waals surface area contributed by atoms with Crippen LogP contribution in [-0.4, -0.2) is 17.5 Å². The van der Waals surface area contributed by atoms with Crippen LogP contribution in [0.2, 0.25) is 5.02 Å². The number of ether oxygens (including phenoxy) is 1. The summed E-state index contributed by atoms with van der Waals surface area (Å²) in [6.07, 6.45) is 3.26. The zero-order valence-electron chi connectivity index (χ0n) is 11.6. The van der Waals surface area contributed by atoms with E-state index in [1.54, 1.807) is 23.5 Å². The first-order valence-electron chi connectivity index (χ1n) is 6.79. The van der Waals surface area contributed by atoms with Gasteiger partial charge in [0.2, 0.25) is 0 Å². The number of carbonyl (C=O) groups is 1. The molecule has 0 radical (unpaired) electrons. The van der Waals surface area contributed by atoms with Crippen molar-refractivity contribution >= 4 is 34.0 Å². The summed E-state index contributed by atoms with van der Waals surface area (Å²) in [7, 11) is 0. The van der Waals surface area contributed by atoms with E-state index >= 15 is 0 Å². The van der Waals surface area contributed by atoms with E-state index in [1.807, 2.05) is 13.0 Å². The average molecular weight is 323 g/mol. The van der Waals surface area contributed by atoms with Gasteiger partial charge in [-0.2, -0.15) is 0 Å². The smallest absolute Gasteiger partial charge is 0.264 e. The van der Waals surface area contributed by atoms with Gasteiger partial charge in [-0.1, -0.05) is 11.6 Å². The van der Waals surface area contributed by atoms with Gasteiger partial charge in [0.05, 0.1) is 5.69 Å².